The molecule has 28 heavy (non-hydrogen) atoms. The fraction of sp³-hybridized carbons (Fsp3) is 0.350. The summed E-state index contributed by atoms with van der Waals surface area (Å²) < 4.78 is 19.5. The summed E-state index contributed by atoms with van der Waals surface area (Å²) in [7, 11) is 0. The number of carbonyl (C=O) groups is 1. The summed E-state index contributed by atoms with van der Waals surface area (Å²) in [6.07, 6.45) is -0.155. The van der Waals surface area contributed by atoms with Gasteiger partial charge in [0.15, 0.2) is 0 Å². The number of halogens is 3. The Bertz CT molecular complexity index is 836. The maximum atomic E-state index is 14.1. The molecule has 0 saturated heterocycles. The Hall–Kier alpha value is -1.86. The third kappa shape index (κ3) is 6.34. The van der Waals surface area contributed by atoms with Crippen molar-refractivity contribution in [1.29, 1.82) is 0 Å². The van der Waals surface area contributed by atoms with Gasteiger partial charge in [-0.05, 0) is 62.2 Å². The van der Waals surface area contributed by atoms with Gasteiger partial charge < -0.3 is 20.5 Å². The van der Waals surface area contributed by atoms with E-state index in [0.29, 0.717) is 21.4 Å². The molecular weight excluding hydrogens is 406 g/mol. The zero-order valence-corrected chi connectivity index (χ0v) is 17.4. The molecule has 5 nitrogen and oxygen atoms in total. The lowest BCUT2D eigenvalue weighted by atomic mass is 10.1. The smallest absolute Gasteiger partial charge is 0.226 e. The van der Waals surface area contributed by atoms with E-state index < -0.39 is 17.3 Å². The molecule has 1 amide bonds. The number of carbonyl (C=O) groups excluding carboxylic acids is 1. The van der Waals surface area contributed by atoms with Gasteiger partial charge in [0.25, 0.3) is 0 Å². The number of hydrogen-bond donors (Lipinski definition) is 3. The Morgan fingerprint density at radius 2 is 1.96 bits per heavy atom. The summed E-state index contributed by atoms with van der Waals surface area (Å²) in [5, 5.41) is 15.8. The molecule has 2 rings (SSSR count). The van der Waals surface area contributed by atoms with Crippen LogP contribution in [0.4, 0.5) is 15.8 Å². The van der Waals surface area contributed by atoms with Gasteiger partial charge in [-0.1, -0.05) is 23.2 Å². The van der Waals surface area contributed by atoms with E-state index in [9.17, 15) is 9.18 Å². The van der Waals surface area contributed by atoms with E-state index in [1.807, 2.05) is 6.92 Å². The second-order valence-electron chi connectivity index (χ2n) is 6.99. The first-order valence-electron chi connectivity index (χ1n) is 8.64. The first-order valence-corrected chi connectivity index (χ1v) is 9.39. The summed E-state index contributed by atoms with van der Waals surface area (Å²) in [6, 6.07) is 7.78. The van der Waals surface area contributed by atoms with Crippen molar-refractivity contribution in [3.63, 3.8) is 0 Å². The third-order valence-electron chi connectivity index (χ3n) is 4.03. The number of rotatable bonds is 8. The molecule has 152 valence electrons. The molecule has 0 aliphatic carbocycles. The summed E-state index contributed by atoms with van der Waals surface area (Å²) >= 11 is 12.2. The highest BCUT2D eigenvalue weighted by Crippen LogP contribution is 2.32. The lowest BCUT2D eigenvalue weighted by molar-refractivity contribution is -0.125. The number of aryl methyl sites for hydroxylation is 1. The van der Waals surface area contributed by atoms with Crippen molar-refractivity contribution in [2.75, 3.05) is 18.7 Å². The van der Waals surface area contributed by atoms with Crippen LogP contribution in [0.5, 0.6) is 0 Å². The first-order chi connectivity index (χ1) is 13.1. The summed E-state index contributed by atoms with van der Waals surface area (Å²) in [5.74, 6) is -0.887. The van der Waals surface area contributed by atoms with Crippen molar-refractivity contribution in [2.24, 2.45) is 0 Å². The van der Waals surface area contributed by atoms with Crippen molar-refractivity contribution in [3.05, 3.63) is 57.3 Å². The van der Waals surface area contributed by atoms with E-state index in [2.05, 4.69) is 10.6 Å². The lowest BCUT2D eigenvalue weighted by Crippen LogP contribution is -2.36. The monoisotopic (exact) mass is 428 g/mol. The van der Waals surface area contributed by atoms with Crippen LogP contribution in [0, 0.1) is 12.7 Å². The van der Waals surface area contributed by atoms with Crippen molar-refractivity contribution < 1.29 is 19.0 Å². The van der Waals surface area contributed by atoms with Crippen LogP contribution < -0.4 is 10.6 Å². The molecule has 0 aromatic heterocycles. The minimum Gasteiger partial charge on any atom is -0.393 e. The number of amides is 1. The minimum atomic E-state index is -0.766. The number of aliphatic hydroxyl groups is 1. The van der Waals surface area contributed by atoms with Gasteiger partial charge in [-0.25, -0.2) is 4.39 Å². The quantitative estimate of drug-likeness (QED) is 0.537. The molecule has 0 atom stereocenters. The van der Waals surface area contributed by atoms with Gasteiger partial charge in [0, 0.05) is 10.7 Å². The van der Waals surface area contributed by atoms with Crippen LogP contribution in [-0.4, -0.2) is 30.0 Å². The number of hydrogen-bond acceptors (Lipinski definition) is 4. The fourth-order valence-corrected chi connectivity index (χ4v) is 3.03. The lowest BCUT2D eigenvalue weighted by Gasteiger charge is -2.22. The average molecular weight is 429 g/mol. The van der Waals surface area contributed by atoms with E-state index >= 15 is 0 Å². The molecule has 0 aliphatic heterocycles. The van der Waals surface area contributed by atoms with Crippen molar-refractivity contribution in [2.45, 2.75) is 32.8 Å². The Morgan fingerprint density at radius 3 is 2.61 bits per heavy atom. The van der Waals surface area contributed by atoms with Gasteiger partial charge in [-0.3, -0.25) is 4.79 Å². The standard InChI is InChI=1S/C20H23Cl2FN2O3/c1-12-6-14(21)9-16(22)19(12)25-15-4-5-17(23)13(7-15)8-18(27)24-11-28-20(2,3)10-26/h4-7,9,25-26H,8,10-11H2,1-3H3,(H,24,27). The molecule has 2 aromatic carbocycles. The maximum Gasteiger partial charge on any atom is 0.226 e. The molecular formula is C20H23Cl2FN2O3. The predicted octanol–water partition coefficient (Wildman–Crippen LogP) is 4.59. The van der Waals surface area contributed by atoms with Crippen LogP contribution >= 0.6 is 23.2 Å². The molecule has 0 unspecified atom stereocenters. The normalized spacial score (nSPS) is 11.4. The summed E-state index contributed by atoms with van der Waals surface area (Å²) in [5.41, 5.74) is 1.55. The Kier molecular flexibility index (Phi) is 7.66. The Balaban J connectivity index is 2.06. The van der Waals surface area contributed by atoms with E-state index in [1.165, 1.54) is 6.07 Å². The molecule has 0 heterocycles. The average Bonchev–Trinajstić information content (AvgIpc) is 2.60. The highest BCUT2D eigenvalue weighted by Gasteiger charge is 2.17. The molecule has 0 bridgehead atoms. The van der Waals surface area contributed by atoms with Crippen molar-refractivity contribution in [3.8, 4) is 0 Å². The van der Waals surface area contributed by atoms with E-state index in [4.69, 9.17) is 33.0 Å². The van der Waals surface area contributed by atoms with E-state index in [1.54, 1.807) is 38.1 Å². The number of ether oxygens (including phenoxy) is 1. The van der Waals surface area contributed by atoms with Crippen LogP contribution in [0.25, 0.3) is 0 Å². The molecule has 0 radical (unpaired) electrons. The molecule has 0 spiro atoms. The van der Waals surface area contributed by atoms with Crippen molar-refractivity contribution in [1.82, 2.24) is 5.32 Å². The number of nitrogens with one attached hydrogen (secondary N) is 2. The molecule has 2 aromatic rings. The van der Waals surface area contributed by atoms with Crippen LogP contribution in [0.1, 0.15) is 25.0 Å². The highest BCUT2D eigenvalue weighted by atomic mass is 35.5. The Morgan fingerprint density at radius 1 is 1.25 bits per heavy atom. The SMILES string of the molecule is Cc1cc(Cl)cc(Cl)c1Nc1ccc(F)c(CC(=O)NCOC(C)(C)CO)c1. The first kappa shape index (κ1) is 22.4. The molecule has 0 saturated carbocycles. The second kappa shape index (κ2) is 9.56. The fourth-order valence-electron chi connectivity index (χ4n) is 2.39. The number of aliphatic hydroxyl groups excluding tert-OH is 1. The topological polar surface area (TPSA) is 70.6 Å². The van der Waals surface area contributed by atoms with Gasteiger partial charge in [-0.15, -0.1) is 0 Å². The maximum absolute atomic E-state index is 14.1. The largest absolute Gasteiger partial charge is 0.393 e. The third-order valence-corrected chi connectivity index (χ3v) is 4.55. The molecule has 0 fully saturated rings. The van der Waals surface area contributed by atoms with E-state index in [0.717, 1.165) is 5.56 Å². The van der Waals surface area contributed by atoms with Crippen LogP contribution in [0.3, 0.4) is 0 Å². The van der Waals surface area contributed by atoms with Gasteiger partial charge in [0.1, 0.15) is 12.5 Å². The highest BCUT2D eigenvalue weighted by molar-refractivity contribution is 6.36. The zero-order chi connectivity index (χ0) is 20.9. The van der Waals surface area contributed by atoms with Crippen molar-refractivity contribution >= 4 is 40.5 Å². The predicted molar refractivity (Wildman–Crippen MR) is 110 cm³/mol. The van der Waals surface area contributed by atoms with E-state index in [-0.39, 0.29) is 25.3 Å². The Labute approximate surface area is 173 Å². The number of benzene rings is 2. The summed E-state index contributed by atoms with van der Waals surface area (Å²) in [6.45, 7) is 4.98. The minimum absolute atomic E-state index is 0.0778. The van der Waals surface area contributed by atoms with Gasteiger partial charge in [-0.2, -0.15) is 0 Å². The second-order valence-corrected chi connectivity index (χ2v) is 7.84. The van der Waals surface area contributed by atoms with Gasteiger partial charge in [0.2, 0.25) is 5.91 Å². The van der Waals surface area contributed by atoms with Crippen LogP contribution in [0.15, 0.2) is 30.3 Å². The zero-order valence-electron chi connectivity index (χ0n) is 15.9. The van der Waals surface area contributed by atoms with Crippen LogP contribution in [-0.2, 0) is 16.0 Å². The molecule has 0 aliphatic rings. The molecule has 8 heteroatoms. The van der Waals surface area contributed by atoms with Gasteiger partial charge >= 0.3 is 0 Å². The van der Waals surface area contributed by atoms with Gasteiger partial charge in [0.05, 0.1) is 29.3 Å². The molecule has 3 N–H and O–H groups in total. The van der Waals surface area contributed by atoms with Crippen LogP contribution in [0.2, 0.25) is 10.0 Å². The summed E-state index contributed by atoms with van der Waals surface area (Å²) in [4.78, 5) is 12.1. The number of anilines is 2.